The van der Waals surface area contributed by atoms with Gasteiger partial charge in [-0.15, -0.1) is 0 Å². The molecule has 2 aliphatic heterocycles. The summed E-state index contributed by atoms with van der Waals surface area (Å²) in [6.45, 7) is 6.55. The maximum Gasteiger partial charge on any atom is 0.229 e. The van der Waals surface area contributed by atoms with Gasteiger partial charge in [0.05, 0.1) is 36.4 Å². The molecule has 3 aromatic heterocycles. The fraction of sp³-hybridized carbons (Fsp3) is 0.455. The average molecular weight is 408 g/mol. The molecule has 0 bridgehead atoms. The third-order valence-electron chi connectivity index (χ3n) is 5.96. The first-order valence-corrected chi connectivity index (χ1v) is 10.5. The molecule has 156 valence electrons. The van der Waals surface area contributed by atoms with E-state index in [0.29, 0.717) is 30.5 Å². The van der Waals surface area contributed by atoms with Crippen molar-refractivity contribution >= 4 is 22.8 Å². The van der Waals surface area contributed by atoms with Crippen molar-refractivity contribution in [2.45, 2.75) is 38.5 Å². The van der Waals surface area contributed by atoms with Gasteiger partial charge in [-0.3, -0.25) is 4.98 Å². The van der Waals surface area contributed by atoms with Gasteiger partial charge < -0.3 is 14.5 Å². The van der Waals surface area contributed by atoms with Crippen molar-refractivity contribution in [3.05, 3.63) is 47.9 Å². The van der Waals surface area contributed by atoms with E-state index in [1.165, 1.54) is 6.92 Å². The number of nitrogens with zero attached hydrogens (tertiary/aromatic N) is 6. The number of morpholine rings is 1. The molecule has 0 aromatic carbocycles. The SMILES string of the molecule is CC(F)c1ncccc1C1CCN1c1nc(N2CCOC[C@@H]2C)nc2ncccc12. The third kappa shape index (κ3) is 3.25. The Morgan fingerprint density at radius 2 is 1.93 bits per heavy atom. The largest absolute Gasteiger partial charge is 0.377 e. The van der Waals surface area contributed by atoms with Crippen LogP contribution in [0, 0.1) is 0 Å². The minimum absolute atomic E-state index is 0.0418. The molecule has 2 unspecified atom stereocenters. The molecular formula is C22H25FN6O. The second-order valence-electron chi connectivity index (χ2n) is 7.93. The Morgan fingerprint density at radius 3 is 2.70 bits per heavy atom. The summed E-state index contributed by atoms with van der Waals surface area (Å²) in [5.74, 6) is 1.52. The molecule has 2 fully saturated rings. The van der Waals surface area contributed by atoms with Gasteiger partial charge in [0.1, 0.15) is 12.0 Å². The van der Waals surface area contributed by atoms with E-state index >= 15 is 0 Å². The van der Waals surface area contributed by atoms with Crippen LogP contribution in [0.1, 0.15) is 43.7 Å². The van der Waals surface area contributed by atoms with Gasteiger partial charge in [0.15, 0.2) is 5.65 Å². The maximum absolute atomic E-state index is 14.2. The quantitative estimate of drug-likeness (QED) is 0.653. The van der Waals surface area contributed by atoms with E-state index in [1.54, 1.807) is 12.4 Å². The van der Waals surface area contributed by atoms with Crippen LogP contribution in [0.4, 0.5) is 16.2 Å². The number of pyridine rings is 2. The molecule has 8 heteroatoms. The highest BCUT2D eigenvalue weighted by Crippen LogP contribution is 2.42. The fourth-order valence-corrected chi connectivity index (χ4v) is 4.32. The molecule has 7 nitrogen and oxygen atoms in total. The number of hydrogen-bond acceptors (Lipinski definition) is 7. The second kappa shape index (κ2) is 7.75. The van der Waals surface area contributed by atoms with Crippen LogP contribution in [0.15, 0.2) is 36.7 Å². The number of ether oxygens (including phenoxy) is 1. The van der Waals surface area contributed by atoms with Crippen molar-refractivity contribution in [2.24, 2.45) is 0 Å². The summed E-state index contributed by atoms with van der Waals surface area (Å²) >= 11 is 0. The lowest BCUT2D eigenvalue weighted by molar-refractivity contribution is 0.0981. The van der Waals surface area contributed by atoms with Gasteiger partial charge in [-0.25, -0.2) is 9.37 Å². The second-order valence-corrected chi connectivity index (χ2v) is 7.93. The molecular weight excluding hydrogens is 383 g/mol. The van der Waals surface area contributed by atoms with Crippen molar-refractivity contribution in [1.29, 1.82) is 0 Å². The molecule has 2 aliphatic rings. The Labute approximate surface area is 174 Å². The zero-order chi connectivity index (χ0) is 20.7. The first kappa shape index (κ1) is 19.1. The number of fused-ring (bicyclic) bond motifs is 1. The molecule has 3 aromatic rings. The van der Waals surface area contributed by atoms with Gasteiger partial charge >= 0.3 is 0 Å². The highest BCUT2D eigenvalue weighted by molar-refractivity contribution is 5.88. The summed E-state index contributed by atoms with van der Waals surface area (Å²) in [4.78, 5) is 22.9. The first-order valence-electron chi connectivity index (χ1n) is 10.5. The number of rotatable bonds is 4. The van der Waals surface area contributed by atoms with E-state index in [-0.39, 0.29) is 12.1 Å². The molecule has 0 amide bonds. The Bertz CT molecular complexity index is 1060. The van der Waals surface area contributed by atoms with Crippen LogP contribution in [-0.4, -0.2) is 52.3 Å². The average Bonchev–Trinajstić information content (AvgIpc) is 2.73. The molecule has 2 saturated heterocycles. The summed E-state index contributed by atoms with van der Waals surface area (Å²) in [6, 6.07) is 7.99. The van der Waals surface area contributed by atoms with Gasteiger partial charge in [0.25, 0.3) is 0 Å². The van der Waals surface area contributed by atoms with Crippen LogP contribution >= 0.6 is 0 Å². The van der Waals surface area contributed by atoms with E-state index in [9.17, 15) is 4.39 Å². The van der Waals surface area contributed by atoms with Crippen molar-refractivity contribution in [1.82, 2.24) is 19.9 Å². The minimum atomic E-state index is -1.11. The van der Waals surface area contributed by atoms with E-state index in [0.717, 1.165) is 36.3 Å². The van der Waals surface area contributed by atoms with E-state index < -0.39 is 6.17 Å². The Hall–Kier alpha value is -2.87. The lowest BCUT2D eigenvalue weighted by Gasteiger charge is -2.43. The summed E-state index contributed by atoms with van der Waals surface area (Å²) in [5, 5.41) is 0.908. The van der Waals surface area contributed by atoms with Gasteiger partial charge in [0.2, 0.25) is 5.95 Å². The Balaban J connectivity index is 1.58. The molecule has 3 atom stereocenters. The molecule has 0 N–H and O–H groups in total. The predicted molar refractivity (Wildman–Crippen MR) is 113 cm³/mol. The minimum Gasteiger partial charge on any atom is -0.377 e. The standard InChI is InChI=1S/C22H25FN6O/c1-14-13-30-12-11-28(14)22-26-20-17(6-4-9-25-20)21(27-22)29-10-7-18(29)16-5-3-8-24-19(16)15(2)23/h3-6,8-9,14-15,18H,7,10-13H2,1-2H3/t14-,15?,18?/m0/s1. The van der Waals surface area contributed by atoms with Crippen molar-refractivity contribution in [2.75, 3.05) is 36.1 Å². The molecule has 0 radical (unpaired) electrons. The van der Waals surface area contributed by atoms with E-state index in [4.69, 9.17) is 14.7 Å². The highest BCUT2D eigenvalue weighted by Gasteiger charge is 2.35. The number of aromatic nitrogens is 4. The predicted octanol–water partition coefficient (Wildman–Crippen LogP) is 3.63. The summed E-state index contributed by atoms with van der Waals surface area (Å²) in [7, 11) is 0. The molecule has 0 aliphatic carbocycles. The summed E-state index contributed by atoms with van der Waals surface area (Å²) in [6.07, 6.45) is 3.22. The molecule has 5 rings (SSSR count). The Kier molecular flexibility index (Phi) is 4.94. The zero-order valence-electron chi connectivity index (χ0n) is 17.2. The molecule has 0 saturated carbocycles. The summed E-state index contributed by atoms with van der Waals surface area (Å²) in [5.41, 5.74) is 2.11. The van der Waals surface area contributed by atoms with Crippen LogP contribution < -0.4 is 9.80 Å². The normalized spacial score (nSPS) is 22.8. The van der Waals surface area contributed by atoms with Crippen molar-refractivity contribution < 1.29 is 9.13 Å². The Morgan fingerprint density at radius 1 is 1.10 bits per heavy atom. The smallest absolute Gasteiger partial charge is 0.229 e. The van der Waals surface area contributed by atoms with E-state index in [1.807, 2.05) is 24.3 Å². The molecule has 0 spiro atoms. The topological polar surface area (TPSA) is 67.3 Å². The van der Waals surface area contributed by atoms with Crippen LogP contribution in [0.2, 0.25) is 0 Å². The number of hydrogen-bond donors (Lipinski definition) is 0. The number of alkyl halides is 1. The monoisotopic (exact) mass is 408 g/mol. The molecule has 30 heavy (non-hydrogen) atoms. The highest BCUT2D eigenvalue weighted by atomic mass is 19.1. The van der Waals surface area contributed by atoms with Gasteiger partial charge in [-0.1, -0.05) is 6.07 Å². The van der Waals surface area contributed by atoms with Gasteiger partial charge in [0, 0.05) is 25.5 Å². The zero-order valence-corrected chi connectivity index (χ0v) is 17.2. The number of anilines is 2. The van der Waals surface area contributed by atoms with Crippen LogP contribution in [0.3, 0.4) is 0 Å². The van der Waals surface area contributed by atoms with Crippen LogP contribution in [0.25, 0.3) is 11.0 Å². The maximum atomic E-state index is 14.2. The molecule has 5 heterocycles. The third-order valence-corrected chi connectivity index (χ3v) is 5.96. The first-order chi connectivity index (χ1) is 14.6. The lowest BCUT2D eigenvalue weighted by atomic mass is 9.92. The fourth-order valence-electron chi connectivity index (χ4n) is 4.32. The van der Waals surface area contributed by atoms with Crippen LogP contribution in [-0.2, 0) is 4.74 Å². The van der Waals surface area contributed by atoms with Crippen molar-refractivity contribution in [3.63, 3.8) is 0 Å². The van der Waals surface area contributed by atoms with Gasteiger partial charge in [-0.05, 0) is 44.0 Å². The van der Waals surface area contributed by atoms with E-state index in [2.05, 4.69) is 26.7 Å². The van der Waals surface area contributed by atoms with Crippen molar-refractivity contribution in [3.8, 4) is 0 Å². The van der Waals surface area contributed by atoms with Gasteiger partial charge in [-0.2, -0.15) is 9.97 Å². The lowest BCUT2D eigenvalue weighted by Crippen LogP contribution is -2.45. The van der Waals surface area contributed by atoms with Crippen LogP contribution in [0.5, 0.6) is 0 Å². The summed E-state index contributed by atoms with van der Waals surface area (Å²) < 4.78 is 19.8. The number of halogens is 1.